The predicted octanol–water partition coefficient (Wildman–Crippen LogP) is 5.19. The number of amides is 1. The number of rotatable bonds is 7. The molecule has 0 fully saturated rings. The summed E-state index contributed by atoms with van der Waals surface area (Å²) < 4.78 is 30.7. The van der Waals surface area contributed by atoms with Gasteiger partial charge in [-0.15, -0.1) is 0 Å². The fraction of sp³-hybridized carbons (Fsp3) is 0.150. The molecule has 9 heteroatoms. The molecule has 3 aromatic rings. The topological polar surface area (TPSA) is 76.4 Å². The monoisotopic (exact) mass is 471 g/mol. The van der Waals surface area contributed by atoms with E-state index in [2.05, 4.69) is 5.32 Å². The van der Waals surface area contributed by atoms with Crippen molar-refractivity contribution in [1.82, 2.24) is 5.32 Å². The van der Waals surface area contributed by atoms with Gasteiger partial charge < -0.3 is 9.73 Å². The molecule has 5 nitrogen and oxygen atoms in total. The number of furan rings is 1. The smallest absolute Gasteiger partial charge is 0.287 e. The Morgan fingerprint density at radius 3 is 2.24 bits per heavy atom. The first-order chi connectivity index (χ1) is 13.8. The highest BCUT2D eigenvalue weighted by atomic mass is 35.5. The number of benzene rings is 2. The van der Waals surface area contributed by atoms with Crippen LogP contribution >= 0.6 is 34.8 Å². The third kappa shape index (κ3) is 5.54. The third-order valence-corrected chi connectivity index (χ3v) is 6.89. The SMILES string of the molecule is O=C(NCCc1ccc(Cl)cc1)c1ccc(CS(=O)(=O)c2c(Cl)cccc2Cl)o1. The number of sulfone groups is 1. The summed E-state index contributed by atoms with van der Waals surface area (Å²) in [6.45, 7) is 0.393. The summed E-state index contributed by atoms with van der Waals surface area (Å²) in [6, 6.07) is 14.6. The summed E-state index contributed by atoms with van der Waals surface area (Å²) in [5, 5.41) is 3.44. The van der Waals surface area contributed by atoms with Gasteiger partial charge in [-0.3, -0.25) is 4.79 Å². The van der Waals surface area contributed by atoms with E-state index >= 15 is 0 Å². The molecule has 2 aromatic carbocycles. The Labute approximate surface area is 183 Å². The number of carbonyl (C=O) groups excluding carboxylic acids is 1. The van der Waals surface area contributed by atoms with Crippen LogP contribution in [0.2, 0.25) is 15.1 Å². The second kappa shape index (κ2) is 9.22. The van der Waals surface area contributed by atoms with Crippen molar-refractivity contribution in [2.24, 2.45) is 0 Å². The molecule has 0 saturated carbocycles. The lowest BCUT2D eigenvalue weighted by molar-refractivity contribution is 0.0925. The minimum absolute atomic E-state index is 0.0246. The molecule has 0 bridgehead atoms. The first-order valence-corrected chi connectivity index (χ1v) is 11.3. The van der Waals surface area contributed by atoms with Gasteiger partial charge in [0.15, 0.2) is 15.6 Å². The lowest BCUT2D eigenvalue weighted by atomic mass is 10.1. The summed E-state index contributed by atoms with van der Waals surface area (Å²) in [7, 11) is -3.84. The molecule has 0 aliphatic carbocycles. The average Bonchev–Trinajstić information content (AvgIpc) is 3.10. The molecule has 1 N–H and O–H groups in total. The summed E-state index contributed by atoms with van der Waals surface area (Å²) in [4.78, 5) is 12.1. The summed E-state index contributed by atoms with van der Waals surface area (Å²) >= 11 is 17.8. The molecular formula is C20H16Cl3NO4S. The van der Waals surface area contributed by atoms with Crippen LogP contribution < -0.4 is 5.32 Å². The van der Waals surface area contributed by atoms with Crippen LogP contribution in [0, 0.1) is 0 Å². The van der Waals surface area contributed by atoms with E-state index in [-0.39, 0.29) is 26.5 Å². The number of hydrogen-bond donors (Lipinski definition) is 1. The molecule has 29 heavy (non-hydrogen) atoms. The molecule has 0 radical (unpaired) electrons. The van der Waals surface area contributed by atoms with Gasteiger partial charge in [0.1, 0.15) is 16.4 Å². The molecule has 152 valence electrons. The van der Waals surface area contributed by atoms with Crippen molar-refractivity contribution in [2.45, 2.75) is 17.1 Å². The van der Waals surface area contributed by atoms with E-state index in [0.29, 0.717) is 18.0 Å². The summed E-state index contributed by atoms with van der Waals surface area (Å²) in [6.07, 6.45) is 0.621. The van der Waals surface area contributed by atoms with Gasteiger partial charge in [0.25, 0.3) is 5.91 Å². The summed E-state index contributed by atoms with van der Waals surface area (Å²) in [5.41, 5.74) is 1.03. The van der Waals surface area contributed by atoms with Gasteiger partial charge >= 0.3 is 0 Å². The van der Waals surface area contributed by atoms with E-state index in [1.54, 1.807) is 18.2 Å². The second-order valence-electron chi connectivity index (χ2n) is 6.21. The van der Waals surface area contributed by atoms with E-state index in [0.717, 1.165) is 5.56 Å². The van der Waals surface area contributed by atoms with Crippen molar-refractivity contribution in [3.63, 3.8) is 0 Å². The second-order valence-corrected chi connectivity index (χ2v) is 9.39. The van der Waals surface area contributed by atoms with Crippen LogP contribution in [-0.2, 0) is 22.0 Å². The third-order valence-electron chi connectivity index (χ3n) is 4.06. The Hall–Kier alpha value is -1.99. The Bertz CT molecular complexity index is 1100. The first kappa shape index (κ1) is 21.7. The number of hydrogen-bond acceptors (Lipinski definition) is 4. The zero-order valence-corrected chi connectivity index (χ0v) is 18.1. The van der Waals surface area contributed by atoms with Crippen LogP contribution in [-0.4, -0.2) is 20.9 Å². The first-order valence-electron chi connectivity index (χ1n) is 8.54. The fourth-order valence-electron chi connectivity index (χ4n) is 2.68. The number of carbonyl (C=O) groups is 1. The van der Waals surface area contributed by atoms with Gasteiger partial charge in [0.05, 0.1) is 10.0 Å². The molecular weight excluding hydrogens is 457 g/mol. The predicted molar refractivity (Wildman–Crippen MR) is 114 cm³/mol. The van der Waals surface area contributed by atoms with Crippen molar-refractivity contribution in [1.29, 1.82) is 0 Å². The molecule has 0 saturated heterocycles. The van der Waals surface area contributed by atoms with Crippen LogP contribution in [0.1, 0.15) is 21.9 Å². The van der Waals surface area contributed by atoms with Crippen LogP contribution in [0.25, 0.3) is 0 Å². The molecule has 0 aliphatic rings. The van der Waals surface area contributed by atoms with Crippen LogP contribution in [0.5, 0.6) is 0 Å². The number of nitrogens with one attached hydrogen (secondary N) is 1. The minimum Gasteiger partial charge on any atom is -0.455 e. The van der Waals surface area contributed by atoms with Crippen molar-refractivity contribution >= 4 is 50.5 Å². The molecule has 1 amide bonds. The standard InChI is InChI=1S/C20H16Cl3NO4S/c21-14-6-4-13(5-7-14)10-11-24-20(25)18-9-8-15(28-18)12-29(26,27)19-16(22)2-1-3-17(19)23/h1-9H,10-12H2,(H,24,25). The fourth-order valence-corrected chi connectivity index (χ4v) is 5.31. The molecule has 1 heterocycles. The Morgan fingerprint density at radius 1 is 0.931 bits per heavy atom. The molecule has 1 aromatic heterocycles. The Balaban J connectivity index is 1.62. The maximum Gasteiger partial charge on any atom is 0.287 e. The van der Waals surface area contributed by atoms with Crippen molar-refractivity contribution < 1.29 is 17.6 Å². The Morgan fingerprint density at radius 2 is 1.59 bits per heavy atom. The molecule has 0 spiro atoms. The molecule has 0 atom stereocenters. The van der Waals surface area contributed by atoms with Crippen LogP contribution in [0.15, 0.2) is 63.9 Å². The van der Waals surface area contributed by atoms with Crippen molar-refractivity contribution in [3.05, 3.63) is 86.7 Å². The van der Waals surface area contributed by atoms with Crippen LogP contribution in [0.3, 0.4) is 0 Å². The maximum atomic E-state index is 12.6. The Kier molecular flexibility index (Phi) is 6.90. The zero-order valence-electron chi connectivity index (χ0n) is 15.0. The maximum absolute atomic E-state index is 12.6. The highest BCUT2D eigenvalue weighted by molar-refractivity contribution is 7.90. The zero-order chi connectivity index (χ0) is 21.0. The highest BCUT2D eigenvalue weighted by Crippen LogP contribution is 2.31. The van der Waals surface area contributed by atoms with E-state index in [1.165, 1.54) is 24.3 Å². The van der Waals surface area contributed by atoms with Crippen molar-refractivity contribution in [2.75, 3.05) is 6.54 Å². The largest absolute Gasteiger partial charge is 0.455 e. The molecule has 0 unspecified atom stereocenters. The van der Waals surface area contributed by atoms with E-state index < -0.39 is 21.5 Å². The lowest BCUT2D eigenvalue weighted by Crippen LogP contribution is -2.25. The van der Waals surface area contributed by atoms with Gasteiger partial charge in [0.2, 0.25) is 0 Å². The van der Waals surface area contributed by atoms with Crippen molar-refractivity contribution in [3.8, 4) is 0 Å². The van der Waals surface area contributed by atoms with E-state index in [9.17, 15) is 13.2 Å². The van der Waals surface area contributed by atoms with Gasteiger partial charge in [-0.05, 0) is 48.4 Å². The normalized spacial score (nSPS) is 11.4. The van der Waals surface area contributed by atoms with Gasteiger partial charge in [-0.25, -0.2) is 8.42 Å². The highest BCUT2D eigenvalue weighted by Gasteiger charge is 2.24. The van der Waals surface area contributed by atoms with Gasteiger partial charge in [-0.1, -0.05) is 53.0 Å². The lowest BCUT2D eigenvalue weighted by Gasteiger charge is -2.07. The van der Waals surface area contributed by atoms with Crippen LogP contribution in [0.4, 0.5) is 0 Å². The quantitative estimate of drug-likeness (QED) is 0.513. The molecule has 0 aliphatic heterocycles. The average molecular weight is 473 g/mol. The van der Waals surface area contributed by atoms with E-state index in [4.69, 9.17) is 39.2 Å². The summed E-state index contributed by atoms with van der Waals surface area (Å²) in [5.74, 6) is -0.757. The minimum atomic E-state index is -3.84. The van der Waals surface area contributed by atoms with Gasteiger partial charge in [0, 0.05) is 11.6 Å². The van der Waals surface area contributed by atoms with E-state index in [1.807, 2.05) is 12.1 Å². The van der Waals surface area contributed by atoms with Gasteiger partial charge in [-0.2, -0.15) is 0 Å². The molecule has 3 rings (SSSR count). The number of halogens is 3.